The van der Waals surface area contributed by atoms with Gasteiger partial charge >= 0.3 is 0 Å². The van der Waals surface area contributed by atoms with Crippen LogP contribution in [-0.4, -0.2) is 4.57 Å². The maximum Gasteiger partial charge on any atom is 0.259 e. The maximum atomic E-state index is 13.4. The molecule has 2 nitrogen and oxygen atoms in total. The largest absolute Gasteiger partial charge is 0.302 e. The summed E-state index contributed by atoms with van der Waals surface area (Å²) < 4.78 is 3.15. The van der Waals surface area contributed by atoms with Crippen LogP contribution in [0.15, 0.2) is 89.7 Å². The first-order chi connectivity index (χ1) is 13.7. The third-order valence-electron chi connectivity index (χ3n) is 5.16. The van der Waals surface area contributed by atoms with Crippen molar-refractivity contribution >= 4 is 32.2 Å². The standard InChI is InChI=1S/C25H19NOS/c1-17-10-12-18(13-11-17)16-26-22(14-19-6-2-4-8-21(19)25(26)27)24-15-20-7-3-5-9-23(20)28-24/h2-15H,16H2,1H3. The molecule has 0 radical (unpaired) electrons. The van der Waals surface area contributed by atoms with Gasteiger partial charge in [0.1, 0.15) is 0 Å². The normalized spacial score (nSPS) is 11.3. The Morgan fingerprint density at radius 1 is 0.821 bits per heavy atom. The number of pyridine rings is 1. The minimum Gasteiger partial charge on any atom is -0.302 e. The molecule has 3 heteroatoms. The van der Waals surface area contributed by atoms with Crippen LogP contribution in [0.5, 0.6) is 0 Å². The first-order valence-corrected chi connectivity index (χ1v) is 10.2. The van der Waals surface area contributed by atoms with Crippen LogP contribution in [0.4, 0.5) is 0 Å². The van der Waals surface area contributed by atoms with Crippen molar-refractivity contribution in [3.8, 4) is 10.6 Å². The van der Waals surface area contributed by atoms with Gasteiger partial charge in [-0.1, -0.05) is 66.2 Å². The zero-order chi connectivity index (χ0) is 19.1. The molecule has 0 saturated heterocycles. The number of fused-ring (bicyclic) bond motifs is 2. The molecule has 0 N–H and O–H groups in total. The molecular weight excluding hydrogens is 362 g/mol. The fourth-order valence-electron chi connectivity index (χ4n) is 3.64. The molecule has 0 bridgehead atoms. The van der Waals surface area contributed by atoms with Crippen molar-refractivity contribution in [1.29, 1.82) is 0 Å². The lowest BCUT2D eigenvalue weighted by molar-refractivity contribution is 0.778. The molecular formula is C25H19NOS. The highest BCUT2D eigenvalue weighted by molar-refractivity contribution is 7.22. The zero-order valence-electron chi connectivity index (χ0n) is 15.6. The van der Waals surface area contributed by atoms with Crippen LogP contribution < -0.4 is 5.56 Å². The van der Waals surface area contributed by atoms with Gasteiger partial charge in [-0.05, 0) is 47.5 Å². The topological polar surface area (TPSA) is 22.0 Å². The molecule has 3 aromatic carbocycles. The second-order valence-electron chi connectivity index (χ2n) is 7.14. The summed E-state index contributed by atoms with van der Waals surface area (Å²) in [6, 6.07) is 29.0. The molecule has 0 aliphatic rings. The Kier molecular flexibility index (Phi) is 4.10. The lowest BCUT2D eigenvalue weighted by Gasteiger charge is -2.14. The van der Waals surface area contributed by atoms with E-state index >= 15 is 0 Å². The molecule has 0 amide bonds. The number of thiophene rings is 1. The number of rotatable bonds is 3. The van der Waals surface area contributed by atoms with Crippen molar-refractivity contribution in [3.63, 3.8) is 0 Å². The van der Waals surface area contributed by atoms with E-state index in [9.17, 15) is 4.79 Å². The summed E-state index contributed by atoms with van der Waals surface area (Å²) in [5, 5.41) is 2.96. The average Bonchev–Trinajstić information content (AvgIpc) is 3.15. The smallest absolute Gasteiger partial charge is 0.259 e. The van der Waals surface area contributed by atoms with Crippen LogP contribution in [-0.2, 0) is 6.54 Å². The molecule has 2 aromatic heterocycles. The molecule has 5 aromatic rings. The molecule has 0 fully saturated rings. The number of aryl methyl sites for hydroxylation is 1. The molecule has 2 heterocycles. The number of nitrogens with zero attached hydrogens (tertiary/aromatic N) is 1. The minimum atomic E-state index is 0.0612. The van der Waals surface area contributed by atoms with Gasteiger partial charge in [-0.15, -0.1) is 11.3 Å². The Morgan fingerprint density at radius 3 is 2.32 bits per heavy atom. The Bertz CT molecular complexity index is 1330. The van der Waals surface area contributed by atoms with E-state index in [1.165, 1.54) is 15.6 Å². The number of aromatic nitrogens is 1. The Morgan fingerprint density at radius 2 is 1.54 bits per heavy atom. The lowest BCUT2D eigenvalue weighted by atomic mass is 10.1. The third-order valence-corrected chi connectivity index (χ3v) is 6.30. The van der Waals surface area contributed by atoms with Gasteiger partial charge in [-0.2, -0.15) is 0 Å². The predicted molar refractivity (Wildman–Crippen MR) is 119 cm³/mol. The molecule has 0 aliphatic heterocycles. The SMILES string of the molecule is Cc1ccc(Cn2c(-c3cc4ccccc4s3)cc3ccccc3c2=O)cc1. The van der Waals surface area contributed by atoms with Gasteiger partial charge in [-0.25, -0.2) is 0 Å². The molecule has 0 aliphatic carbocycles. The summed E-state index contributed by atoms with van der Waals surface area (Å²) >= 11 is 1.74. The number of benzene rings is 3. The Hall–Kier alpha value is -3.17. The molecule has 5 rings (SSSR count). The second-order valence-corrected chi connectivity index (χ2v) is 8.23. The lowest BCUT2D eigenvalue weighted by Crippen LogP contribution is -2.22. The maximum absolute atomic E-state index is 13.4. The summed E-state index contributed by atoms with van der Waals surface area (Å²) in [7, 11) is 0. The molecule has 0 spiro atoms. The number of hydrogen-bond acceptors (Lipinski definition) is 2. The van der Waals surface area contributed by atoms with Gasteiger partial charge in [0.15, 0.2) is 0 Å². The van der Waals surface area contributed by atoms with Gasteiger partial charge in [0.2, 0.25) is 0 Å². The van der Waals surface area contributed by atoms with Gasteiger partial charge in [0.25, 0.3) is 5.56 Å². The van der Waals surface area contributed by atoms with Gasteiger partial charge < -0.3 is 4.57 Å². The van der Waals surface area contributed by atoms with Crippen molar-refractivity contribution in [2.24, 2.45) is 0 Å². The predicted octanol–water partition coefficient (Wildman–Crippen LogP) is 6.24. The highest BCUT2D eigenvalue weighted by Gasteiger charge is 2.14. The fraction of sp³-hybridized carbons (Fsp3) is 0.0800. The Balaban J connectivity index is 1.76. The Labute approximate surface area is 167 Å². The minimum absolute atomic E-state index is 0.0612. The van der Waals surface area contributed by atoms with Crippen molar-refractivity contribution in [3.05, 3.63) is 106 Å². The van der Waals surface area contributed by atoms with Crippen LogP contribution in [0.2, 0.25) is 0 Å². The monoisotopic (exact) mass is 381 g/mol. The highest BCUT2D eigenvalue weighted by atomic mass is 32.1. The van der Waals surface area contributed by atoms with Gasteiger partial charge in [-0.3, -0.25) is 4.79 Å². The highest BCUT2D eigenvalue weighted by Crippen LogP contribution is 2.34. The van der Waals surface area contributed by atoms with Crippen LogP contribution in [0.25, 0.3) is 31.4 Å². The zero-order valence-corrected chi connectivity index (χ0v) is 16.4. The van der Waals surface area contributed by atoms with Crippen molar-refractivity contribution in [1.82, 2.24) is 4.57 Å². The first kappa shape index (κ1) is 17.0. The quantitative estimate of drug-likeness (QED) is 0.362. The average molecular weight is 382 g/mol. The summed E-state index contributed by atoms with van der Waals surface area (Å²) in [5.74, 6) is 0. The molecule has 0 atom stereocenters. The van der Waals surface area contributed by atoms with Gasteiger partial charge in [0.05, 0.1) is 17.1 Å². The third kappa shape index (κ3) is 2.94. The van der Waals surface area contributed by atoms with E-state index in [1.807, 2.05) is 28.8 Å². The fourth-order valence-corrected chi connectivity index (χ4v) is 4.73. The van der Waals surface area contributed by atoms with E-state index in [1.54, 1.807) is 11.3 Å². The van der Waals surface area contributed by atoms with E-state index < -0.39 is 0 Å². The van der Waals surface area contributed by atoms with E-state index in [2.05, 4.69) is 67.6 Å². The summed E-state index contributed by atoms with van der Waals surface area (Å²) in [6.07, 6.45) is 0. The molecule has 136 valence electrons. The van der Waals surface area contributed by atoms with Crippen LogP contribution in [0.3, 0.4) is 0 Å². The summed E-state index contributed by atoms with van der Waals surface area (Å²) in [6.45, 7) is 2.64. The first-order valence-electron chi connectivity index (χ1n) is 9.36. The van der Waals surface area contributed by atoms with E-state index in [4.69, 9.17) is 0 Å². The van der Waals surface area contributed by atoms with Crippen molar-refractivity contribution in [2.75, 3.05) is 0 Å². The van der Waals surface area contributed by atoms with Crippen LogP contribution in [0.1, 0.15) is 11.1 Å². The van der Waals surface area contributed by atoms with Crippen LogP contribution >= 0.6 is 11.3 Å². The van der Waals surface area contributed by atoms with Crippen molar-refractivity contribution in [2.45, 2.75) is 13.5 Å². The van der Waals surface area contributed by atoms with Crippen molar-refractivity contribution < 1.29 is 0 Å². The second kappa shape index (κ2) is 6.77. The van der Waals surface area contributed by atoms with E-state index in [-0.39, 0.29) is 5.56 Å². The summed E-state index contributed by atoms with van der Waals surface area (Å²) in [5.41, 5.74) is 3.39. The number of hydrogen-bond donors (Lipinski definition) is 0. The molecule has 0 unspecified atom stereocenters. The summed E-state index contributed by atoms with van der Waals surface area (Å²) in [4.78, 5) is 14.5. The van der Waals surface area contributed by atoms with E-state index in [0.29, 0.717) is 6.54 Å². The molecule has 0 saturated carbocycles. The van der Waals surface area contributed by atoms with Crippen LogP contribution in [0, 0.1) is 6.92 Å². The molecule has 28 heavy (non-hydrogen) atoms. The van der Waals surface area contributed by atoms with E-state index in [0.717, 1.165) is 26.9 Å². The van der Waals surface area contributed by atoms with Gasteiger partial charge in [0, 0.05) is 10.1 Å².